The fraction of sp³-hybridized carbons (Fsp3) is 0.333. The van der Waals surface area contributed by atoms with Crippen molar-refractivity contribution in [3.63, 3.8) is 0 Å². The highest BCUT2D eigenvalue weighted by molar-refractivity contribution is 6.34. The second-order valence-electron chi connectivity index (χ2n) is 2.25. The van der Waals surface area contributed by atoms with Crippen LogP contribution in [0.2, 0.25) is 10.0 Å². The van der Waals surface area contributed by atoms with Gasteiger partial charge in [-0.15, -0.1) is 0 Å². The van der Waals surface area contributed by atoms with Crippen LogP contribution in [0.4, 0.5) is 8.78 Å². The Hall–Kier alpha value is -0.340. The number of alkyl halides is 1. The van der Waals surface area contributed by atoms with Gasteiger partial charge in [-0.05, 0) is 24.6 Å². The van der Waals surface area contributed by atoms with E-state index in [0.717, 1.165) is 0 Å². The van der Waals surface area contributed by atoms with Crippen molar-refractivity contribution in [1.82, 2.24) is 0 Å². The Kier molecular flexibility index (Phi) is 6.92. The van der Waals surface area contributed by atoms with Gasteiger partial charge in [0.2, 0.25) is 0 Å². The molecule has 0 aromatic heterocycles. The molecule has 0 N–H and O–H groups in total. The fourth-order valence-corrected chi connectivity index (χ4v) is 0.879. The lowest BCUT2D eigenvalue weighted by molar-refractivity contribution is 0.487. The third-order valence-corrected chi connectivity index (χ3v) is 1.60. The van der Waals surface area contributed by atoms with Gasteiger partial charge in [0.05, 0.1) is 11.7 Å². The highest BCUT2D eigenvalue weighted by Gasteiger charge is 1.96. The molecule has 0 aliphatic carbocycles. The molecule has 0 heterocycles. The van der Waals surface area contributed by atoms with Gasteiger partial charge in [-0.1, -0.05) is 30.1 Å². The smallest absolute Gasteiger partial charge is 0.141 e. The summed E-state index contributed by atoms with van der Waals surface area (Å²) < 4.78 is 23.0. The van der Waals surface area contributed by atoms with Gasteiger partial charge in [0, 0.05) is 5.02 Å². The Bertz CT molecular complexity index is 249. The van der Waals surface area contributed by atoms with Crippen LogP contribution >= 0.6 is 23.2 Å². The Balaban J connectivity index is 0.000000310. The molecule has 0 saturated heterocycles. The molecule has 0 nitrogen and oxygen atoms in total. The summed E-state index contributed by atoms with van der Waals surface area (Å²) in [4.78, 5) is 0. The summed E-state index contributed by atoms with van der Waals surface area (Å²) in [5, 5.41) is 0.504. The summed E-state index contributed by atoms with van der Waals surface area (Å²) in [6.45, 7) is 1.62. The molecule has 1 rings (SSSR count). The average Bonchev–Trinajstić information content (AvgIpc) is 2.12. The molecule has 13 heavy (non-hydrogen) atoms. The van der Waals surface area contributed by atoms with Gasteiger partial charge in [-0.25, -0.2) is 4.39 Å². The molecule has 74 valence electrons. The van der Waals surface area contributed by atoms with Gasteiger partial charge < -0.3 is 0 Å². The van der Waals surface area contributed by atoms with Crippen LogP contribution in [0, 0.1) is 5.82 Å². The minimum atomic E-state index is -0.443. The highest BCUT2D eigenvalue weighted by atomic mass is 35.5. The first-order chi connectivity index (χ1) is 6.11. The third-order valence-electron chi connectivity index (χ3n) is 1.07. The molecule has 0 aliphatic heterocycles. The topological polar surface area (TPSA) is 0 Å². The maximum atomic E-state index is 12.3. The molecule has 4 heteroatoms. The highest BCUT2D eigenvalue weighted by Crippen LogP contribution is 2.18. The zero-order valence-corrected chi connectivity index (χ0v) is 8.67. The molecule has 0 saturated carbocycles. The predicted octanol–water partition coefficient (Wildman–Crippen LogP) is 4.50. The van der Waals surface area contributed by atoms with Gasteiger partial charge in [0.25, 0.3) is 0 Å². The molecular weight excluding hydrogens is 217 g/mol. The quantitative estimate of drug-likeness (QED) is 0.619. The molecule has 0 spiro atoms. The normalized spacial score (nSPS) is 9.00. The van der Waals surface area contributed by atoms with Crippen LogP contribution in [0.5, 0.6) is 0 Å². The Morgan fingerprint density at radius 2 is 1.85 bits per heavy atom. The van der Waals surface area contributed by atoms with Crippen LogP contribution in [0.25, 0.3) is 0 Å². The lowest BCUT2D eigenvalue weighted by Gasteiger charge is -1.91. The van der Waals surface area contributed by atoms with E-state index >= 15 is 0 Å². The van der Waals surface area contributed by atoms with Gasteiger partial charge in [0.1, 0.15) is 5.82 Å². The van der Waals surface area contributed by atoms with E-state index in [1.807, 2.05) is 0 Å². The van der Waals surface area contributed by atoms with Crippen LogP contribution in [-0.2, 0) is 0 Å². The molecule has 0 aliphatic rings. The van der Waals surface area contributed by atoms with Crippen molar-refractivity contribution >= 4 is 23.2 Å². The number of halogens is 4. The minimum Gasteiger partial charge on any atom is -0.251 e. The molecule has 0 amide bonds. The second-order valence-corrected chi connectivity index (χ2v) is 3.09. The maximum Gasteiger partial charge on any atom is 0.141 e. The molecule has 0 bridgehead atoms. The molecule has 1 aromatic rings. The Morgan fingerprint density at radius 3 is 2.15 bits per heavy atom. The van der Waals surface area contributed by atoms with E-state index in [2.05, 4.69) is 0 Å². The monoisotopic (exact) mass is 226 g/mol. The number of hydrogen-bond donors (Lipinski definition) is 0. The summed E-state index contributed by atoms with van der Waals surface area (Å²) in [5.41, 5.74) is 0. The van der Waals surface area contributed by atoms with Crippen molar-refractivity contribution in [2.24, 2.45) is 0 Å². The molecule has 1 aromatic carbocycles. The predicted molar refractivity (Wildman–Crippen MR) is 52.7 cm³/mol. The molecule has 0 fully saturated rings. The van der Waals surface area contributed by atoms with Crippen molar-refractivity contribution in [1.29, 1.82) is 0 Å². The van der Waals surface area contributed by atoms with Crippen LogP contribution in [0.15, 0.2) is 18.2 Å². The molecule has 0 radical (unpaired) electrons. The number of hydrogen-bond acceptors (Lipinski definition) is 0. The van der Waals surface area contributed by atoms with Crippen molar-refractivity contribution in [3.05, 3.63) is 34.1 Å². The first-order valence-corrected chi connectivity index (χ1v) is 4.54. The van der Waals surface area contributed by atoms with E-state index in [1.165, 1.54) is 18.2 Å². The Morgan fingerprint density at radius 1 is 1.31 bits per heavy atom. The summed E-state index contributed by atoms with van der Waals surface area (Å²) in [6, 6.07) is 4.03. The van der Waals surface area contributed by atoms with Crippen molar-refractivity contribution in [2.45, 2.75) is 13.3 Å². The molecule has 0 unspecified atom stereocenters. The van der Waals surface area contributed by atoms with E-state index in [4.69, 9.17) is 23.2 Å². The fourth-order valence-electron chi connectivity index (χ4n) is 0.470. The first-order valence-electron chi connectivity index (χ1n) is 3.78. The van der Waals surface area contributed by atoms with Crippen LogP contribution in [-0.4, -0.2) is 6.67 Å². The third kappa shape index (κ3) is 5.83. The number of rotatable bonds is 1. The second kappa shape index (κ2) is 7.10. The van der Waals surface area contributed by atoms with Crippen molar-refractivity contribution < 1.29 is 8.78 Å². The largest absolute Gasteiger partial charge is 0.251 e. The van der Waals surface area contributed by atoms with Crippen LogP contribution in [0.3, 0.4) is 0 Å². The zero-order chi connectivity index (χ0) is 10.3. The summed E-state index contributed by atoms with van der Waals surface area (Å²) >= 11 is 10.8. The standard InChI is InChI=1S/C6H3Cl2F.C3H7F/c7-4-1-2-6(9)5(8)3-4;1-2-3-4/h1-3H;2-3H2,1H3. The molecular formula is C9H10Cl2F2. The van der Waals surface area contributed by atoms with Crippen LogP contribution < -0.4 is 0 Å². The van der Waals surface area contributed by atoms with Gasteiger partial charge >= 0.3 is 0 Å². The van der Waals surface area contributed by atoms with Gasteiger partial charge in [-0.2, -0.15) is 0 Å². The van der Waals surface area contributed by atoms with Gasteiger partial charge in [0.15, 0.2) is 0 Å². The van der Waals surface area contributed by atoms with E-state index in [1.54, 1.807) is 6.92 Å². The number of benzene rings is 1. The average molecular weight is 227 g/mol. The van der Waals surface area contributed by atoms with Crippen molar-refractivity contribution in [3.8, 4) is 0 Å². The minimum absolute atomic E-state index is 0.0579. The molecule has 0 atom stereocenters. The van der Waals surface area contributed by atoms with Crippen molar-refractivity contribution in [2.75, 3.05) is 6.67 Å². The maximum absolute atomic E-state index is 12.3. The summed E-state index contributed by atoms with van der Waals surface area (Å²) in [7, 11) is 0. The Labute approximate surface area is 86.5 Å². The lowest BCUT2D eigenvalue weighted by atomic mass is 10.3. The lowest BCUT2D eigenvalue weighted by Crippen LogP contribution is -1.73. The van der Waals surface area contributed by atoms with Gasteiger partial charge in [-0.3, -0.25) is 4.39 Å². The first kappa shape index (κ1) is 12.7. The van der Waals surface area contributed by atoms with E-state index in [0.29, 0.717) is 11.4 Å². The van der Waals surface area contributed by atoms with E-state index in [-0.39, 0.29) is 11.7 Å². The summed E-state index contributed by atoms with van der Waals surface area (Å²) in [6.07, 6.45) is 0.653. The SMILES string of the molecule is CCCF.Fc1ccc(Cl)cc1Cl. The summed E-state index contributed by atoms with van der Waals surface area (Å²) in [5.74, 6) is -0.443. The van der Waals surface area contributed by atoms with E-state index < -0.39 is 5.82 Å². The van der Waals surface area contributed by atoms with Crippen LogP contribution in [0.1, 0.15) is 13.3 Å². The van der Waals surface area contributed by atoms with E-state index in [9.17, 15) is 8.78 Å². The zero-order valence-electron chi connectivity index (χ0n) is 7.16.